The fraction of sp³-hybridized carbons (Fsp3) is 0.519. The molecule has 0 bridgehead atoms. The number of ether oxygens (including phenoxy) is 1. The maximum absolute atomic E-state index is 13.3. The number of aliphatic hydroxyl groups is 1. The summed E-state index contributed by atoms with van der Waals surface area (Å²) in [6.07, 6.45) is -4.93. The van der Waals surface area contributed by atoms with Crippen LogP contribution in [0.5, 0.6) is 0 Å². The van der Waals surface area contributed by atoms with Gasteiger partial charge in [-0.05, 0) is 45.3 Å². The predicted octanol–water partition coefficient (Wildman–Crippen LogP) is 7.42. The van der Waals surface area contributed by atoms with Crippen LogP contribution in [0, 0.1) is 5.41 Å². The van der Waals surface area contributed by atoms with E-state index in [0.717, 1.165) is 12.1 Å². The Bertz CT molecular complexity index is 1020. The van der Waals surface area contributed by atoms with E-state index in [1.807, 2.05) is 19.9 Å². The van der Waals surface area contributed by atoms with E-state index < -0.39 is 46.5 Å². The summed E-state index contributed by atoms with van der Waals surface area (Å²) in [5.41, 5.74) is -6.83. The maximum atomic E-state index is 13.3. The van der Waals surface area contributed by atoms with Crippen LogP contribution in [0.15, 0.2) is 60.7 Å². The second-order valence-corrected chi connectivity index (χ2v) is 10.2. The van der Waals surface area contributed by atoms with Crippen LogP contribution in [0.4, 0.5) is 31.1 Å². The van der Waals surface area contributed by atoms with Crippen LogP contribution in [0.3, 0.4) is 0 Å². The number of likely N-dealkylation sites (tertiary alicyclic amines) is 1. The minimum Gasteiger partial charge on any atom is -0.444 e. The topological polar surface area (TPSA) is 49.8 Å². The quantitative estimate of drug-likeness (QED) is 0.306. The van der Waals surface area contributed by atoms with E-state index in [4.69, 9.17) is 4.74 Å². The van der Waals surface area contributed by atoms with Crippen LogP contribution in [-0.4, -0.2) is 47.1 Å². The van der Waals surface area contributed by atoms with Crippen molar-refractivity contribution in [1.82, 2.24) is 4.90 Å². The minimum absolute atomic E-state index is 0.112. The van der Waals surface area contributed by atoms with Gasteiger partial charge in [-0.2, -0.15) is 26.3 Å². The average molecular weight is 534 g/mol. The van der Waals surface area contributed by atoms with Crippen LogP contribution >= 0.6 is 0 Å². The highest BCUT2D eigenvalue weighted by Crippen LogP contribution is 2.53. The van der Waals surface area contributed by atoms with E-state index in [2.05, 4.69) is 6.58 Å². The van der Waals surface area contributed by atoms with Gasteiger partial charge in [-0.3, -0.25) is 0 Å². The number of hydrogen-bond acceptors (Lipinski definition) is 3. The van der Waals surface area contributed by atoms with Gasteiger partial charge in [0.2, 0.25) is 0 Å². The van der Waals surface area contributed by atoms with Crippen LogP contribution in [0.25, 0.3) is 0 Å². The summed E-state index contributed by atoms with van der Waals surface area (Å²) in [6.45, 7) is 13.3. The third-order valence-electron chi connectivity index (χ3n) is 6.62. The largest absolute Gasteiger partial charge is 0.444 e. The zero-order chi connectivity index (χ0) is 28.4. The highest BCUT2D eigenvalue weighted by atomic mass is 19.4. The Hall–Kier alpha value is -2.75. The molecule has 37 heavy (non-hydrogen) atoms. The van der Waals surface area contributed by atoms with E-state index in [1.54, 1.807) is 39.0 Å². The number of allylic oxidation sites excluding steroid dienone is 4. The molecule has 10 heteroatoms. The van der Waals surface area contributed by atoms with Gasteiger partial charge in [0.15, 0.2) is 0 Å². The lowest BCUT2D eigenvalue weighted by Gasteiger charge is -2.36. The fourth-order valence-corrected chi connectivity index (χ4v) is 4.60. The molecule has 1 aliphatic rings. The van der Waals surface area contributed by atoms with Gasteiger partial charge in [-0.15, -0.1) is 0 Å². The van der Waals surface area contributed by atoms with Crippen molar-refractivity contribution in [2.45, 2.75) is 70.5 Å². The zero-order valence-electron chi connectivity index (χ0n) is 21.5. The highest BCUT2D eigenvalue weighted by Gasteiger charge is 2.71. The minimum atomic E-state index is -5.98. The van der Waals surface area contributed by atoms with Crippen molar-refractivity contribution in [3.8, 4) is 0 Å². The molecule has 1 aliphatic heterocycles. The summed E-state index contributed by atoms with van der Waals surface area (Å²) in [4.78, 5) is 14.4. The van der Waals surface area contributed by atoms with E-state index in [1.165, 1.54) is 4.90 Å². The predicted molar refractivity (Wildman–Crippen MR) is 129 cm³/mol. The van der Waals surface area contributed by atoms with Crippen molar-refractivity contribution in [1.29, 1.82) is 0 Å². The van der Waals surface area contributed by atoms with Gasteiger partial charge >= 0.3 is 18.4 Å². The van der Waals surface area contributed by atoms with E-state index in [9.17, 15) is 36.2 Å². The molecule has 1 N–H and O–H groups in total. The number of hydrogen-bond donors (Lipinski definition) is 1. The first-order valence-electron chi connectivity index (χ1n) is 11.8. The number of rotatable bonds is 6. The Labute approximate surface area is 213 Å². The van der Waals surface area contributed by atoms with Gasteiger partial charge in [0.25, 0.3) is 5.60 Å². The van der Waals surface area contributed by atoms with Crippen molar-refractivity contribution in [3.63, 3.8) is 0 Å². The van der Waals surface area contributed by atoms with Crippen LogP contribution in [0.2, 0.25) is 0 Å². The summed E-state index contributed by atoms with van der Waals surface area (Å²) in [5, 5.41) is 9.74. The van der Waals surface area contributed by atoms with Gasteiger partial charge in [0, 0.05) is 30.0 Å². The normalized spacial score (nSPS) is 21.7. The molecule has 1 aromatic rings. The lowest BCUT2D eigenvalue weighted by molar-refractivity contribution is -0.376. The Kier molecular flexibility index (Phi) is 8.69. The van der Waals surface area contributed by atoms with Gasteiger partial charge < -0.3 is 14.7 Å². The van der Waals surface area contributed by atoms with Gasteiger partial charge in [-0.25, -0.2) is 4.79 Å². The second-order valence-electron chi connectivity index (χ2n) is 10.2. The molecule has 0 aliphatic carbocycles. The second kappa shape index (κ2) is 10.6. The van der Waals surface area contributed by atoms with Crippen molar-refractivity contribution in [2.24, 2.45) is 5.41 Å². The molecule has 0 spiro atoms. The average Bonchev–Trinajstić information content (AvgIpc) is 3.17. The van der Waals surface area contributed by atoms with Gasteiger partial charge in [-0.1, -0.05) is 62.1 Å². The molecule has 0 saturated carbocycles. The van der Waals surface area contributed by atoms with Crippen molar-refractivity contribution in [2.75, 3.05) is 13.1 Å². The molecule has 1 amide bonds. The fourth-order valence-electron chi connectivity index (χ4n) is 4.60. The summed E-state index contributed by atoms with van der Waals surface area (Å²) in [7, 11) is 0. The van der Waals surface area contributed by atoms with E-state index in [-0.39, 0.29) is 13.1 Å². The van der Waals surface area contributed by atoms with Crippen molar-refractivity contribution >= 4 is 6.09 Å². The molecule has 0 aromatic heterocycles. The molecule has 4 nitrogen and oxygen atoms in total. The molecule has 1 fully saturated rings. The number of benzene rings is 1. The number of carbonyl (C=O) groups is 1. The lowest BCUT2D eigenvalue weighted by atomic mass is 9.68. The lowest BCUT2D eigenvalue weighted by Crippen LogP contribution is -2.53. The first-order valence-corrected chi connectivity index (χ1v) is 11.8. The summed E-state index contributed by atoms with van der Waals surface area (Å²) < 4.78 is 85.6. The number of alkyl halides is 6. The van der Waals surface area contributed by atoms with E-state index >= 15 is 0 Å². The first-order chi connectivity index (χ1) is 16.8. The molecule has 1 heterocycles. The molecular formula is C27H33F6NO3. The summed E-state index contributed by atoms with van der Waals surface area (Å²) in [5.74, 6) is -0.508. The van der Waals surface area contributed by atoms with Gasteiger partial charge in [0.05, 0.1) is 0 Å². The molecule has 1 saturated heterocycles. The molecule has 0 radical (unpaired) electrons. The Morgan fingerprint density at radius 3 is 2.08 bits per heavy atom. The molecule has 2 atom stereocenters. The number of nitrogens with zero attached hydrogens (tertiary/aromatic N) is 1. The molecule has 2 rings (SSSR count). The van der Waals surface area contributed by atoms with E-state index in [0.29, 0.717) is 29.7 Å². The third kappa shape index (κ3) is 6.05. The zero-order valence-corrected chi connectivity index (χ0v) is 21.5. The molecular weight excluding hydrogens is 500 g/mol. The van der Waals surface area contributed by atoms with Crippen LogP contribution < -0.4 is 0 Å². The number of carbonyl (C=O) groups excluding carboxylic acids is 1. The Morgan fingerprint density at radius 1 is 1.11 bits per heavy atom. The van der Waals surface area contributed by atoms with Gasteiger partial charge in [0.1, 0.15) is 5.60 Å². The Balaban J connectivity index is 2.58. The Morgan fingerprint density at radius 2 is 1.65 bits per heavy atom. The van der Waals surface area contributed by atoms with Crippen LogP contribution in [0.1, 0.15) is 58.1 Å². The van der Waals surface area contributed by atoms with Crippen molar-refractivity contribution < 1.29 is 41.0 Å². The highest BCUT2D eigenvalue weighted by molar-refractivity contribution is 5.69. The van der Waals surface area contributed by atoms with Crippen molar-refractivity contribution in [3.05, 3.63) is 71.8 Å². The molecule has 1 aromatic carbocycles. The third-order valence-corrected chi connectivity index (χ3v) is 6.62. The smallest absolute Gasteiger partial charge is 0.430 e. The molecule has 206 valence electrons. The maximum Gasteiger partial charge on any atom is 0.430 e. The first kappa shape index (κ1) is 30.5. The standard InChI is InChI=1S/C27H33F6NO3/c1-7-9-10-11-18(3)24(8-2)17-34(22(35)37-23(4,5)6)16-21(24)19-12-14-20(15-13-19)25(36,26(28,29)30)27(31,32)33/h7,9-15,21,36H,3,8,16-17H2,1-2,4-6H3/b9-7-,11-10-/t21-,24+/m0/s1. The SMILES string of the molecule is C=C(/C=C\C=C/C)[C@@]1(CC)CN(C(=O)OC(C)(C)C)C[C@H]1c1ccc(C(O)(C(F)(F)F)C(F)(F)F)cc1. The molecule has 0 unspecified atom stereocenters. The summed E-state index contributed by atoms with van der Waals surface area (Å²) in [6, 6.07) is 3.53. The number of amides is 1. The number of halogens is 6. The van der Waals surface area contributed by atoms with Crippen LogP contribution in [-0.2, 0) is 10.3 Å². The monoisotopic (exact) mass is 533 g/mol. The summed E-state index contributed by atoms with van der Waals surface area (Å²) >= 11 is 0.